The Kier molecular flexibility index (Phi) is 5.44. The summed E-state index contributed by atoms with van der Waals surface area (Å²) in [4.78, 5) is 0.0996. The number of aryl methyl sites for hydroxylation is 1. The largest absolute Gasteiger partial charge is 0.358 e. The summed E-state index contributed by atoms with van der Waals surface area (Å²) in [6.07, 6.45) is 0.778. The van der Waals surface area contributed by atoms with Gasteiger partial charge in [-0.2, -0.15) is 8.42 Å². The number of hydrogen-bond acceptors (Lipinski definition) is 4. The van der Waals surface area contributed by atoms with E-state index < -0.39 is 10.1 Å². The highest BCUT2D eigenvalue weighted by Gasteiger charge is 2.29. The lowest BCUT2D eigenvalue weighted by molar-refractivity contribution is 0.333. The predicted molar refractivity (Wildman–Crippen MR) is 96.6 cm³/mol. The van der Waals surface area contributed by atoms with E-state index in [1.54, 1.807) is 19.1 Å². The van der Waals surface area contributed by atoms with Crippen LogP contribution in [0.3, 0.4) is 0 Å². The van der Waals surface area contributed by atoms with Crippen molar-refractivity contribution < 1.29 is 12.7 Å². The summed E-state index contributed by atoms with van der Waals surface area (Å²) in [5.41, 5.74) is 2.29. The molecule has 0 aromatic heterocycles. The van der Waals surface area contributed by atoms with Crippen molar-refractivity contribution in [3.05, 3.63) is 65.7 Å². The van der Waals surface area contributed by atoms with Crippen LogP contribution in [0.15, 0.2) is 64.6 Å². The molecule has 2 aromatic rings. The van der Waals surface area contributed by atoms with Crippen LogP contribution in [0, 0.1) is 6.92 Å². The first-order valence-corrected chi connectivity index (χ1v) is 9.31. The van der Waals surface area contributed by atoms with E-state index in [9.17, 15) is 8.42 Å². The van der Waals surface area contributed by atoms with Gasteiger partial charge in [0.2, 0.25) is 0 Å². The Morgan fingerprint density at radius 1 is 1.08 bits per heavy atom. The molecule has 0 N–H and O–H groups in total. The summed E-state index contributed by atoms with van der Waals surface area (Å²) in [7, 11) is -3.91. The van der Waals surface area contributed by atoms with Crippen molar-refractivity contribution >= 4 is 15.8 Å². The maximum Gasteiger partial charge on any atom is 0.358 e. The molecule has 0 amide bonds. The number of hydrogen-bond donors (Lipinski definition) is 0. The quantitative estimate of drug-likeness (QED) is 0.574. The fourth-order valence-electron chi connectivity index (χ4n) is 2.43. The minimum atomic E-state index is -3.91. The number of nitrogens with zero attached hydrogens (tertiary/aromatic N) is 1. The van der Waals surface area contributed by atoms with E-state index in [0.717, 1.165) is 17.5 Å². The van der Waals surface area contributed by atoms with Crippen LogP contribution in [0.5, 0.6) is 0 Å². The van der Waals surface area contributed by atoms with E-state index in [0.29, 0.717) is 5.71 Å². The van der Waals surface area contributed by atoms with Crippen molar-refractivity contribution in [2.75, 3.05) is 0 Å². The highest BCUT2D eigenvalue weighted by molar-refractivity contribution is 7.86. The molecular formula is C19H23NO3S. The van der Waals surface area contributed by atoms with Crippen LogP contribution < -0.4 is 0 Å². The van der Waals surface area contributed by atoms with Crippen molar-refractivity contribution in [2.45, 2.75) is 44.4 Å². The van der Waals surface area contributed by atoms with Gasteiger partial charge in [-0.25, -0.2) is 0 Å². The van der Waals surface area contributed by atoms with Gasteiger partial charge >= 0.3 is 10.1 Å². The third-order valence-corrected chi connectivity index (χ3v) is 5.62. The first-order valence-electron chi connectivity index (χ1n) is 7.90. The van der Waals surface area contributed by atoms with Crippen molar-refractivity contribution in [1.29, 1.82) is 0 Å². The average molecular weight is 345 g/mol. The molecule has 0 radical (unpaired) electrons. The van der Waals surface area contributed by atoms with E-state index >= 15 is 0 Å². The molecule has 5 heteroatoms. The Bertz CT molecular complexity index is 811. The second-order valence-electron chi connectivity index (χ2n) is 6.07. The number of oxime groups is 1. The van der Waals surface area contributed by atoms with Gasteiger partial charge in [-0.3, -0.25) is 4.28 Å². The molecule has 0 heterocycles. The highest BCUT2D eigenvalue weighted by atomic mass is 32.2. The summed E-state index contributed by atoms with van der Waals surface area (Å²) < 4.78 is 29.5. The van der Waals surface area contributed by atoms with E-state index in [1.165, 1.54) is 12.1 Å². The van der Waals surface area contributed by atoms with Gasteiger partial charge in [0.15, 0.2) is 0 Å². The fourth-order valence-corrected chi connectivity index (χ4v) is 3.19. The lowest BCUT2D eigenvalue weighted by Crippen LogP contribution is -2.30. The molecule has 1 atom stereocenters. The summed E-state index contributed by atoms with van der Waals surface area (Å²) in [5, 5.41) is 3.94. The van der Waals surface area contributed by atoms with E-state index in [2.05, 4.69) is 5.16 Å². The Morgan fingerprint density at radius 3 is 2.21 bits per heavy atom. The third kappa shape index (κ3) is 3.85. The van der Waals surface area contributed by atoms with Gasteiger partial charge in [-0.1, -0.05) is 67.0 Å². The van der Waals surface area contributed by atoms with Gasteiger partial charge in [0.1, 0.15) is 4.90 Å². The topological polar surface area (TPSA) is 55.7 Å². The normalized spacial score (nSPS) is 14.9. The standard InChI is InChI=1S/C19H23NO3S/c1-5-19(4,17-9-7-6-8-10-17)16(3)20-23-24(21,22)18-13-11-15(2)12-14-18/h6-14H,5H2,1-4H3/b20-16-/t19-/m1/s1. The molecule has 2 aromatic carbocycles. The number of benzene rings is 2. The molecule has 0 spiro atoms. The zero-order chi connectivity index (χ0) is 17.8. The van der Waals surface area contributed by atoms with Crippen LogP contribution in [0.25, 0.3) is 0 Å². The van der Waals surface area contributed by atoms with Crippen LogP contribution in [0.4, 0.5) is 0 Å². The van der Waals surface area contributed by atoms with Gasteiger partial charge in [0, 0.05) is 5.41 Å². The van der Waals surface area contributed by atoms with Gasteiger partial charge in [0.25, 0.3) is 0 Å². The van der Waals surface area contributed by atoms with Crippen LogP contribution in [-0.4, -0.2) is 14.1 Å². The molecule has 24 heavy (non-hydrogen) atoms. The zero-order valence-corrected chi connectivity index (χ0v) is 15.3. The molecule has 2 rings (SSSR count). The van der Waals surface area contributed by atoms with Crippen molar-refractivity contribution in [3.8, 4) is 0 Å². The van der Waals surface area contributed by atoms with E-state index in [4.69, 9.17) is 4.28 Å². The maximum absolute atomic E-state index is 12.3. The van der Waals surface area contributed by atoms with Gasteiger partial charge in [-0.15, -0.1) is 0 Å². The number of rotatable bonds is 6. The molecule has 0 aliphatic heterocycles. The highest BCUT2D eigenvalue weighted by Crippen LogP contribution is 2.29. The van der Waals surface area contributed by atoms with Crippen LogP contribution in [0.1, 0.15) is 38.3 Å². The van der Waals surface area contributed by atoms with Crippen molar-refractivity contribution in [2.24, 2.45) is 5.16 Å². The Balaban J connectivity index is 2.28. The van der Waals surface area contributed by atoms with E-state index in [1.807, 2.05) is 51.1 Å². The second-order valence-corrected chi connectivity index (χ2v) is 7.60. The third-order valence-electron chi connectivity index (χ3n) is 4.50. The summed E-state index contributed by atoms with van der Waals surface area (Å²) in [6.45, 7) is 7.76. The van der Waals surface area contributed by atoms with Crippen molar-refractivity contribution in [1.82, 2.24) is 0 Å². The summed E-state index contributed by atoms with van der Waals surface area (Å²) >= 11 is 0. The Morgan fingerprint density at radius 2 is 1.67 bits per heavy atom. The molecule has 0 aliphatic rings. The molecule has 0 fully saturated rings. The molecule has 128 valence electrons. The second kappa shape index (κ2) is 7.18. The minimum absolute atomic E-state index is 0.0996. The molecule has 0 bridgehead atoms. The first-order chi connectivity index (χ1) is 11.3. The summed E-state index contributed by atoms with van der Waals surface area (Å²) in [5.74, 6) is 0. The SMILES string of the molecule is CC[C@](C)(/C(C)=N\OS(=O)(=O)c1ccc(C)cc1)c1ccccc1. The molecule has 0 aliphatic carbocycles. The molecular weight excluding hydrogens is 322 g/mol. The maximum atomic E-state index is 12.3. The van der Waals surface area contributed by atoms with Gasteiger partial charge < -0.3 is 0 Å². The lowest BCUT2D eigenvalue weighted by atomic mass is 9.76. The monoisotopic (exact) mass is 345 g/mol. The molecule has 0 saturated heterocycles. The lowest BCUT2D eigenvalue weighted by Gasteiger charge is -2.28. The Hall–Kier alpha value is -2.14. The summed E-state index contributed by atoms with van der Waals surface area (Å²) in [6, 6.07) is 16.4. The van der Waals surface area contributed by atoms with Crippen molar-refractivity contribution in [3.63, 3.8) is 0 Å². The fraction of sp³-hybridized carbons (Fsp3) is 0.316. The molecule has 0 unspecified atom stereocenters. The first kappa shape index (κ1) is 18.2. The van der Waals surface area contributed by atoms with Crippen LogP contribution in [0.2, 0.25) is 0 Å². The van der Waals surface area contributed by atoms with Gasteiger partial charge in [-0.05, 0) is 38.0 Å². The zero-order valence-electron chi connectivity index (χ0n) is 14.5. The van der Waals surface area contributed by atoms with Crippen LogP contribution >= 0.6 is 0 Å². The minimum Gasteiger partial charge on any atom is -0.265 e. The predicted octanol–water partition coefficient (Wildman–Crippen LogP) is 4.44. The van der Waals surface area contributed by atoms with Gasteiger partial charge in [0.05, 0.1) is 5.71 Å². The Labute approximate surface area is 144 Å². The molecule has 4 nitrogen and oxygen atoms in total. The van der Waals surface area contributed by atoms with Crippen LogP contribution in [-0.2, 0) is 19.8 Å². The molecule has 0 saturated carbocycles. The van der Waals surface area contributed by atoms with E-state index in [-0.39, 0.29) is 10.3 Å². The smallest absolute Gasteiger partial charge is 0.265 e. The average Bonchev–Trinajstić information content (AvgIpc) is 2.60.